The van der Waals surface area contributed by atoms with E-state index in [1.807, 2.05) is 0 Å². The van der Waals surface area contributed by atoms with Crippen molar-refractivity contribution in [2.45, 2.75) is 111 Å². The van der Waals surface area contributed by atoms with Crippen molar-refractivity contribution in [2.75, 3.05) is 0 Å². The molecule has 34 heavy (non-hydrogen) atoms. The van der Waals surface area contributed by atoms with E-state index >= 15 is 0 Å². The van der Waals surface area contributed by atoms with Crippen molar-refractivity contribution in [3.8, 4) is 0 Å². The van der Waals surface area contributed by atoms with Crippen LogP contribution < -0.4 is 0 Å². The molecule has 0 bridgehead atoms. The van der Waals surface area contributed by atoms with Crippen LogP contribution in [0.2, 0.25) is 0 Å². The SMILES string of the molecule is CC(C)CCC(=O)OC1CCC2(C)C(CCC3C4=CCC(C5=COC(=O)CC5)C4(C)CCC32)C1. The van der Waals surface area contributed by atoms with Crippen molar-refractivity contribution in [1.29, 1.82) is 0 Å². The number of esters is 2. The molecule has 188 valence electrons. The van der Waals surface area contributed by atoms with Gasteiger partial charge < -0.3 is 9.47 Å². The summed E-state index contributed by atoms with van der Waals surface area (Å²) in [6.07, 6.45) is 16.8. The van der Waals surface area contributed by atoms with Crippen LogP contribution in [0.3, 0.4) is 0 Å². The van der Waals surface area contributed by atoms with Crippen LogP contribution in [0, 0.1) is 40.4 Å². The summed E-state index contributed by atoms with van der Waals surface area (Å²) >= 11 is 0. The van der Waals surface area contributed by atoms with Crippen LogP contribution in [0.5, 0.6) is 0 Å². The zero-order chi connectivity index (χ0) is 24.1. The van der Waals surface area contributed by atoms with Gasteiger partial charge in [-0.3, -0.25) is 9.59 Å². The normalized spacial score (nSPS) is 41.6. The largest absolute Gasteiger partial charge is 0.462 e. The fraction of sp³-hybridized carbons (Fsp3) is 0.800. The number of fused-ring (bicyclic) bond motifs is 5. The van der Waals surface area contributed by atoms with E-state index in [1.165, 1.54) is 37.7 Å². The summed E-state index contributed by atoms with van der Waals surface area (Å²) in [6.45, 7) is 9.38. The van der Waals surface area contributed by atoms with Gasteiger partial charge in [0.1, 0.15) is 6.10 Å². The van der Waals surface area contributed by atoms with E-state index in [-0.39, 0.29) is 23.5 Å². The fourth-order valence-electron chi connectivity index (χ4n) is 8.63. The lowest BCUT2D eigenvalue weighted by Gasteiger charge is -2.59. The summed E-state index contributed by atoms with van der Waals surface area (Å²) in [5.41, 5.74) is 3.66. The molecule has 4 nitrogen and oxygen atoms in total. The van der Waals surface area contributed by atoms with E-state index in [0.29, 0.717) is 41.9 Å². The van der Waals surface area contributed by atoms with Crippen LogP contribution in [0.1, 0.15) is 105 Å². The molecule has 0 saturated heterocycles. The Morgan fingerprint density at radius 1 is 1.15 bits per heavy atom. The number of carbonyl (C=O) groups is 2. The molecule has 3 saturated carbocycles. The lowest BCUT2D eigenvalue weighted by Crippen LogP contribution is -2.52. The smallest absolute Gasteiger partial charge is 0.310 e. The maximum absolute atomic E-state index is 12.4. The van der Waals surface area contributed by atoms with Gasteiger partial charge in [0.25, 0.3) is 0 Å². The molecule has 7 atom stereocenters. The topological polar surface area (TPSA) is 52.6 Å². The number of hydrogen-bond donors (Lipinski definition) is 0. The first-order valence-corrected chi connectivity index (χ1v) is 14.0. The third-order valence-electron chi connectivity index (χ3n) is 10.7. The van der Waals surface area contributed by atoms with Crippen LogP contribution in [-0.2, 0) is 19.1 Å². The lowest BCUT2D eigenvalue weighted by molar-refractivity contribution is -0.158. The van der Waals surface area contributed by atoms with Crippen molar-refractivity contribution in [2.24, 2.45) is 40.4 Å². The molecule has 3 fully saturated rings. The highest BCUT2D eigenvalue weighted by molar-refractivity contribution is 5.71. The number of rotatable bonds is 5. The molecule has 0 N–H and O–H groups in total. The van der Waals surface area contributed by atoms with Gasteiger partial charge in [0.15, 0.2) is 0 Å². The van der Waals surface area contributed by atoms with Crippen LogP contribution in [-0.4, -0.2) is 18.0 Å². The number of carbonyl (C=O) groups excluding carboxylic acids is 2. The summed E-state index contributed by atoms with van der Waals surface area (Å²) < 4.78 is 11.3. The van der Waals surface area contributed by atoms with E-state index in [4.69, 9.17) is 9.47 Å². The van der Waals surface area contributed by atoms with E-state index in [9.17, 15) is 9.59 Å². The first kappa shape index (κ1) is 24.1. The van der Waals surface area contributed by atoms with Crippen LogP contribution in [0.25, 0.3) is 0 Å². The molecule has 1 heterocycles. The average Bonchev–Trinajstić information content (AvgIpc) is 3.16. The van der Waals surface area contributed by atoms with Gasteiger partial charge in [0.05, 0.1) is 6.26 Å². The molecule has 0 aromatic carbocycles. The lowest BCUT2D eigenvalue weighted by atomic mass is 9.45. The molecular weight excluding hydrogens is 424 g/mol. The Morgan fingerprint density at radius 2 is 1.97 bits per heavy atom. The molecule has 0 amide bonds. The van der Waals surface area contributed by atoms with Gasteiger partial charge in [-0.2, -0.15) is 0 Å². The molecule has 4 heteroatoms. The van der Waals surface area contributed by atoms with E-state index in [2.05, 4.69) is 33.8 Å². The zero-order valence-electron chi connectivity index (χ0n) is 21.7. The second kappa shape index (κ2) is 9.13. The average molecular weight is 469 g/mol. The summed E-state index contributed by atoms with van der Waals surface area (Å²) in [6, 6.07) is 0. The number of hydrogen-bond acceptors (Lipinski definition) is 4. The van der Waals surface area contributed by atoms with Gasteiger partial charge in [0, 0.05) is 12.8 Å². The molecular formula is C30H44O4. The Labute approximate surface area is 205 Å². The second-order valence-electron chi connectivity index (χ2n) is 12.9. The Morgan fingerprint density at radius 3 is 2.71 bits per heavy atom. The standard InChI is InChI=1S/C30H44O4/c1-19(2)5-11-28(32)34-22-13-15-29(3)21(17-22)7-8-23-25-10-9-24(20-6-12-27(31)33-18-20)30(25,4)16-14-26(23)29/h10,18-19,21-24,26H,5-9,11-17H2,1-4H3. The molecule has 4 aliphatic carbocycles. The highest BCUT2D eigenvalue weighted by Gasteiger charge is 2.58. The van der Waals surface area contributed by atoms with Crippen molar-refractivity contribution >= 4 is 11.9 Å². The summed E-state index contributed by atoms with van der Waals surface area (Å²) in [4.78, 5) is 23.9. The van der Waals surface area contributed by atoms with Gasteiger partial charge in [0.2, 0.25) is 0 Å². The third-order valence-corrected chi connectivity index (χ3v) is 10.7. The summed E-state index contributed by atoms with van der Waals surface area (Å²) in [7, 11) is 0. The highest BCUT2D eigenvalue weighted by atomic mass is 16.5. The Hall–Kier alpha value is -1.58. The molecule has 5 rings (SSSR count). The minimum Gasteiger partial charge on any atom is -0.462 e. The summed E-state index contributed by atoms with van der Waals surface area (Å²) in [5, 5.41) is 0. The number of ether oxygens (including phenoxy) is 2. The van der Waals surface area contributed by atoms with Crippen LogP contribution >= 0.6 is 0 Å². The molecule has 5 aliphatic rings. The fourth-order valence-corrected chi connectivity index (χ4v) is 8.63. The Kier molecular flexibility index (Phi) is 6.48. The first-order valence-electron chi connectivity index (χ1n) is 14.0. The first-order chi connectivity index (χ1) is 16.2. The van der Waals surface area contributed by atoms with E-state index in [0.717, 1.165) is 38.0 Å². The number of cyclic esters (lactones) is 1. The maximum atomic E-state index is 12.4. The Bertz CT molecular complexity index is 884. The quantitative estimate of drug-likeness (QED) is 0.318. The molecule has 0 aromatic heterocycles. The molecule has 0 spiro atoms. The minimum absolute atomic E-state index is 0.00859. The van der Waals surface area contributed by atoms with Crippen LogP contribution in [0.4, 0.5) is 0 Å². The molecule has 1 aliphatic heterocycles. The molecule has 0 radical (unpaired) electrons. The van der Waals surface area contributed by atoms with Crippen molar-refractivity contribution in [3.05, 3.63) is 23.5 Å². The predicted octanol–water partition coefficient (Wildman–Crippen LogP) is 7.13. The van der Waals surface area contributed by atoms with Crippen molar-refractivity contribution in [3.63, 3.8) is 0 Å². The second-order valence-corrected chi connectivity index (χ2v) is 12.9. The number of allylic oxidation sites excluding steroid dienone is 3. The van der Waals surface area contributed by atoms with Gasteiger partial charge >= 0.3 is 11.9 Å². The predicted molar refractivity (Wildman–Crippen MR) is 133 cm³/mol. The summed E-state index contributed by atoms with van der Waals surface area (Å²) in [5.74, 6) is 3.09. The molecule has 7 unspecified atom stereocenters. The van der Waals surface area contributed by atoms with Gasteiger partial charge in [-0.15, -0.1) is 0 Å². The van der Waals surface area contributed by atoms with Crippen LogP contribution in [0.15, 0.2) is 23.5 Å². The maximum Gasteiger partial charge on any atom is 0.310 e. The van der Waals surface area contributed by atoms with Gasteiger partial charge in [-0.25, -0.2) is 0 Å². The monoisotopic (exact) mass is 468 g/mol. The van der Waals surface area contributed by atoms with Crippen molar-refractivity contribution in [1.82, 2.24) is 0 Å². The van der Waals surface area contributed by atoms with Crippen molar-refractivity contribution < 1.29 is 19.1 Å². The highest BCUT2D eigenvalue weighted by Crippen LogP contribution is 2.67. The van der Waals surface area contributed by atoms with E-state index < -0.39 is 0 Å². The zero-order valence-corrected chi connectivity index (χ0v) is 21.7. The minimum atomic E-state index is -0.0868. The van der Waals surface area contributed by atoms with Gasteiger partial charge in [-0.1, -0.05) is 39.3 Å². The Balaban J connectivity index is 1.25. The van der Waals surface area contributed by atoms with Gasteiger partial charge in [-0.05, 0) is 110 Å². The van der Waals surface area contributed by atoms with E-state index in [1.54, 1.807) is 11.8 Å². The molecule has 0 aromatic rings. The third kappa shape index (κ3) is 4.17.